The van der Waals surface area contributed by atoms with Crippen molar-refractivity contribution in [1.29, 1.82) is 0 Å². The van der Waals surface area contributed by atoms with Crippen molar-refractivity contribution in [3.63, 3.8) is 0 Å². The molecule has 2 nitrogen and oxygen atoms in total. The van der Waals surface area contributed by atoms with Gasteiger partial charge in [-0.3, -0.25) is 0 Å². The van der Waals surface area contributed by atoms with Gasteiger partial charge >= 0.3 is 0 Å². The topological polar surface area (TPSA) is 24.9 Å². The smallest absolute Gasteiger partial charge is 0.145 e. The molecule has 1 aromatic carbocycles. The average Bonchev–Trinajstić information content (AvgIpc) is 2.33. The van der Waals surface area contributed by atoms with Gasteiger partial charge in [-0.15, -0.1) is 0 Å². The van der Waals surface area contributed by atoms with Crippen molar-refractivity contribution in [2.45, 2.75) is 0 Å². The van der Waals surface area contributed by atoms with Gasteiger partial charge in [0.2, 0.25) is 0 Å². The Bertz CT molecular complexity index is 599. The Balaban J connectivity index is 2.66. The highest BCUT2D eigenvalue weighted by molar-refractivity contribution is 6.39. The molecular formula is C12H8Cl4N2. The lowest BCUT2D eigenvalue weighted by Crippen LogP contribution is -1.96. The van der Waals surface area contributed by atoms with Crippen LogP contribution in [0.5, 0.6) is 0 Å². The molecule has 94 valence electrons. The summed E-state index contributed by atoms with van der Waals surface area (Å²) < 4.78 is 0. The number of anilines is 1. The van der Waals surface area contributed by atoms with Crippen molar-refractivity contribution in [1.82, 2.24) is 4.98 Å². The molecule has 0 saturated heterocycles. The van der Waals surface area contributed by atoms with Gasteiger partial charge in [-0.25, -0.2) is 4.98 Å². The van der Waals surface area contributed by atoms with Crippen molar-refractivity contribution >= 4 is 52.2 Å². The van der Waals surface area contributed by atoms with E-state index >= 15 is 0 Å². The molecule has 0 saturated carbocycles. The Kier molecular flexibility index (Phi) is 4.23. The molecule has 1 heterocycles. The van der Waals surface area contributed by atoms with Gasteiger partial charge in [-0.05, 0) is 24.3 Å². The van der Waals surface area contributed by atoms with Crippen LogP contribution in [-0.4, -0.2) is 12.0 Å². The van der Waals surface area contributed by atoms with Gasteiger partial charge in [0.1, 0.15) is 5.82 Å². The fourth-order valence-corrected chi connectivity index (χ4v) is 2.44. The number of hydrogen-bond acceptors (Lipinski definition) is 2. The fraction of sp³-hybridized carbons (Fsp3) is 0.0833. The Hall–Kier alpha value is -0.670. The van der Waals surface area contributed by atoms with Crippen LogP contribution in [0, 0.1) is 0 Å². The zero-order valence-corrected chi connectivity index (χ0v) is 12.3. The van der Waals surface area contributed by atoms with Gasteiger partial charge in [0.05, 0.1) is 20.8 Å². The molecule has 0 aliphatic heterocycles. The number of rotatable bonds is 2. The highest BCUT2D eigenvalue weighted by Gasteiger charge is 2.13. The normalized spacial score (nSPS) is 10.5. The molecule has 0 amide bonds. The zero-order valence-electron chi connectivity index (χ0n) is 9.27. The highest BCUT2D eigenvalue weighted by Crippen LogP contribution is 2.36. The summed E-state index contributed by atoms with van der Waals surface area (Å²) >= 11 is 24.2. The van der Waals surface area contributed by atoms with E-state index in [1.165, 1.54) is 0 Å². The predicted octanol–water partition coefficient (Wildman–Crippen LogP) is 5.40. The van der Waals surface area contributed by atoms with Crippen LogP contribution >= 0.6 is 46.4 Å². The Morgan fingerprint density at radius 3 is 2.33 bits per heavy atom. The number of hydrogen-bond donors (Lipinski definition) is 1. The van der Waals surface area contributed by atoms with E-state index in [1.54, 1.807) is 31.3 Å². The second-order valence-corrected chi connectivity index (χ2v) is 5.18. The lowest BCUT2D eigenvalue weighted by Gasteiger charge is -2.10. The molecule has 2 aromatic rings. The second kappa shape index (κ2) is 5.54. The minimum atomic E-state index is 0.420. The molecule has 0 aliphatic rings. The maximum atomic E-state index is 6.14. The molecule has 6 heteroatoms. The SMILES string of the molecule is CNc1nc(-c2cc(Cl)ccc2Cl)c(Cl)cc1Cl. The Morgan fingerprint density at radius 2 is 1.67 bits per heavy atom. The van der Waals surface area contributed by atoms with Crippen LogP contribution in [0.2, 0.25) is 20.1 Å². The Labute approximate surface area is 125 Å². The minimum Gasteiger partial charge on any atom is -0.372 e. The average molecular weight is 322 g/mol. The lowest BCUT2D eigenvalue weighted by atomic mass is 10.1. The zero-order chi connectivity index (χ0) is 13.3. The third kappa shape index (κ3) is 2.67. The first-order chi connectivity index (χ1) is 8.52. The van der Waals surface area contributed by atoms with Crippen LogP contribution in [0.15, 0.2) is 24.3 Å². The van der Waals surface area contributed by atoms with Crippen LogP contribution in [-0.2, 0) is 0 Å². The number of aromatic nitrogens is 1. The van der Waals surface area contributed by atoms with Gasteiger partial charge in [0.25, 0.3) is 0 Å². The molecule has 0 bridgehead atoms. The number of halogens is 4. The van der Waals surface area contributed by atoms with E-state index in [1.807, 2.05) is 0 Å². The molecule has 0 aliphatic carbocycles. The summed E-state index contributed by atoms with van der Waals surface area (Å²) in [7, 11) is 1.73. The first kappa shape index (κ1) is 13.8. The summed E-state index contributed by atoms with van der Waals surface area (Å²) in [5, 5.41) is 4.85. The van der Waals surface area contributed by atoms with Crippen molar-refractivity contribution in [2.24, 2.45) is 0 Å². The maximum absolute atomic E-state index is 6.14. The molecule has 2 rings (SSSR count). The lowest BCUT2D eigenvalue weighted by molar-refractivity contribution is 1.29. The van der Waals surface area contributed by atoms with Crippen molar-refractivity contribution in [3.05, 3.63) is 44.4 Å². The van der Waals surface area contributed by atoms with Crippen molar-refractivity contribution in [3.8, 4) is 11.3 Å². The monoisotopic (exact) mass is 320 g/mol. The summed E-state index contributed by atoms with van der Waals surface area (Å²) in [6, 6.07) is 6.74. The summed E-state index contributed by atoms with van der Waals surface area (Å²) in [5.74, 6) is 0.534. The van der Waals surface area contributed by atoms with E-state index in [0.29, 0.717) is 37.2 Å². The summed E-state index contributed by atoms with van der Waals surface area (Å²) in [6.07, 6.45) is 0. The number of benzene rings is 1. The van der Waals surface area contributed by atoms with Crippen LogP contribution in [0.25, 0.3) is 11.3 Å². The van der Waals surface area contributed by atoms with Crippen molar-refractivity contribution < 1.29 is 0 Å². The molecule has 0 spiro atoms. The molecule has 0 unspecified atom stereocenters. The third-order valence-corrected chi connectivity index (χ3v) is 3.49. The molecular weight excluding hydrogens is 314 g/mol. The largest absolute Gasteiger partial charge is 0.372 e. The summed E-state index contributed by atoms with van der Waals surface area (Å²) in [6.45, 7) is 0. The standard InChI is InChI=1S/C12H8Cl4N2/c1-17-12-10(16)5-9(15)11(18-12)7-4-6(13)2-3-8(7)14/h2-5H,1H3,(H,17,18). The fourth-order valence-electron chi connectivity index (χ4n) is 1.51. The van der Waals surface area contributed by atoms with Crippen LogP contribution in [0.4, 0.5) is 5.82 Å². The van der Waals surface area contributed by atoms with Crippen LogP contribution in [0.3, 0.4) is 0 Å². The van der Waals surface area contributed by atoms with E-state index in [4.69, 9.17) is 46.4 Å². The van der Waals surface area contributed by atoms with Gasteiger partial charge in [0.15, 0.2) is 0 Å². The number of pyridine rings is 1. The van der Waals surface area contributed by atoms with Gasteiger partial charge < -0.3 is 5.32 Å². The first-order valence-electron chi connectivity index (χ1n) is 5.02. The van der Waals surface area contributed by atoms with Crippen LogP contribution in [0.1, 0.15) is 0 Å². The molecule has 0 atom stereocenters. The Morgan fingerprint density at radius 1 is 0.944 bits per heavy atom. The summed E-state index contributed by atoms with van der Waals surface area (Å²) in [4.78, 5) is 4.34. The maximum Gasteiger partial charge on any atom is 0.145 e. The van der Waals surface area contributed by atoms with Crippen LogP contribution < -0.4 is 5.32 Å². The predicted molar refractivity (Wildman–Crippen MR) is 79.3 cm³/mol. The highest BCUT2D eigenvalue weighted by atomic mass is 35.5. The second-order valence-electron chi connectivity index (χ2n) is 3.52. The minimum absolute atomic E-state index is 0.420. The number of nitrogens with zero attached hydrogens (tertiary/aromatic N) is 1. The van der Waals surface area contributed by atoms with Gasteiger partial charge in [-0.1, -0.05) is 46.4 Å². The van der Waals surface area contributed by atoms with E-state index in [9.17, 15) is 0 Å². The number of nitrogens with one attached hydrogen (secondary N) is 1. The summed E-state index contributed by atoms with van der Waals surface area (Å²) in [5.41, 5.74) is 1.21. The van der Waals surface area contributed by atoms with Gasteiger partial charge in [0, 0.05) is 17.6 Å². The van der Waals surface area contributed by atoms with Gasteiger partial charge in [-0.2, -0.15) is 0 Å². The van der Waals surface area contributed by atoms with E-state index in [-0.39, 0.29) is 0 Å². The molecule has 0 fully saturated rings. The molecule has 1 aromatic heterocycles. The van der Waals surface area contributed by atoms with Crippen molar-refractivity contribution in [2.75, 3.05) is 12.4 Å². The van der Waals surface area contributed by atoms with E-state index < -0.39 is 0 Å². The van der Waals surface area contributed by atoms with E-state index in [2.05, 4.69) is 10.3 Å². The molecule has 0 radical (unpaired) electrons. The first-order valence-corrected chi connectivity index (χ1v) is 6.53. The third-order valence-electron chi connectivity index (χ3n) is 2.35. The molecule has 18 heavy (non-hydrogen) atoms. The molecule has 1 N–H and O–H groups in total. The van der Waals surface area contributed by atoms with E-state index in [0.717, 1.165) is 0 Å². The quantitative estimate of drug-likeness (QED) is 0.800.